The number of oxazole rings is 1. The largest absolute Gasteiger partial charge is 0.462 e. The molecule has 26 heavy (non-hydrogen) atoms. The molecule has 0 saturated carbocycles. The minimum absolute atomic E-state index is 0.0977. The summed E-state index contributed by atoms with van der Waals surface area (Å²) in [6.07, 6.45) is 0. The summed E-state index contributed by atoms with van der Waals surface area (Å²) in [4.78, 5) is 23.4. The SMILES string of the molecule is CCOC(=O)c1ccccc1NS(=O)(=O)c1ccc2c(c1)oc(=O)n2C. The maximum atomic E-state index is 12.7. The molecule has 1 aromatic heterocycles. The number of aromatic nitrogens is 1. The fourth-order valence-electron chi connectivity index (χ4n) is 2.44. The highest BCUT2D eigenvalue weighted by molar-refractivity contribution is 7.92. The summed E-state index contributed by atoms with van der Waals surface area (Å²) in [7, 11) is -2.48. The second-order valence-electron chi connectivity index (χ2n) is 5.43. The predicted octanol–water partition coefficient (Wildman–Crippen LogP) is 2.11. The third-order valence-corrected chi connectivity index (χ3v) is 5.10. The van der Waals surface area contributed by atoms with Gasteiger partial charge in [0.1, 0.15) is 0 Å². The molecule has 0 radical (unpaired) electrons. The van der Waals surface area contributed by atoms with Crippen LogP contribution in [0.4, 0.5) is 5.69 Å². The van der Waals surface area contributed by atoms with Crippen molar-refractivity contribution in [1.29, 1.82) is 0 Å². The van der Waals surface area contributed by atoms with Crippen LogP contribution >= 0.6 is 0 Å². The second kappa shape index (κ2) is 6.68. The molecule has 0 aliphatic rings. The number of hydrogen-bond acceptors (Lipinski definition) is 6. The molecular formula is C17H16N2O6S. The van der Waals surface area contributed by atoms with E-state index in [-0.39, 0.29) is 28.3 Å². The highest BCUT2D eigenvalue weighted by Crippen LogP contribution is 2.23. The number of para-hydroxylation sites is 1. The van der Waals surface area contributed by atoms with Gasteiger partial charge in [0.25, 0.3) is 10.0 Å². The highest BCUT2D eigenvalue weighted by atomic mass is 32.2. The van der Waals surface area contributed by atoms with Crippen molar-refractivity contribution < 1.29 is 22.4 Å². The van der Waals surface area contributed by atoms with Gasteiger partial charge in [0.2, 0.25) is 0 Å². The summed E-state index contributed by atoms with van der Waals surface area (Å²) in [6.45, 7) is 1.83. The van der Waals surface area contributed by atoms with E-state index in [0.717, 1.165) is 0 Å². The van der Waals surface area contributed by atoms with Gasteiger partial charge in [0.15, 0.2) is 5.58 Å². The number of ether oxygens (including phenoxy) is 1. The van der Waals surface area contributed by atoms with Crippen molar-refractivity contribution in [1.82, 2.24) is 4.57 Å². The molecule has 0 bridgehead atoms. The number of anilines is 1. The Hall–Kier alpha value is -3.07. The molecule has 0 unspecified atom stereocenters. The maximum Gasteiger partial charge on any atom is 0.419 e. The Morgan fingerprint density at radius 1 is 1.23 bits per heavy atom. The van der Waals surface area contributed by atoms with Gasteiger partial charge in [-0.15, -0.1) is 0 Å². The zero-order valence-corrected chi connectivity index (χ0v) is 14.9. The van der Waals surface area contributed by atoms with Crippen LogP contribution in [0.15, 0.2) is 56.6 Å². The molecule has 0 spiro atoms. The van der Waals surface area contributed by atoms with Crippen molar-refractivity contribution in [2.24, 2.45) is 7.05 Å². The summed E-state index contributed by atoms with van der Waals surface area (Å²) in [6, 6.07) is 10.2. The van der Waals surface area contributed by atoms with Gasteiger partial charge in [-0.1, -0.05) is 12.1 Å². The average molecular weight is 376 g/mol. The lowest BCUT2D eigenvalue weighted by Crippen LogP contribution is -2.16. The molecule has 0 aliphatic heterocycles. The molecule has 9 heteroatoms. The van der Waals surface area contributed by atoms with E-state index >= 15 is 0 Å². The summed E-state index contributed by atoms with van der Waals surface area (Å²) < 4.78 is 39.0. The molecule has 0 fully saturated rings. The summed E-state index contributed by atoms with van der Waals surface area (Å²) >= 11 is 0. The lowest BCUT2D eigenvalue weighted by atomic mass is 10.2. The first-order valence-electron chi connectivity index (χ1n) is 7.72. The third-order valence-electron chi connectivity index (χ3n) is 3.74. The molecule has 1 heterocycles. The lowest BCUT2D eigenvalue weighted by Gasteiger charge is -2.12. The van der Waals surface area contributed by atoms with Gasteiger partial charge >= 0.3 is 11.7 Å². The van der Waals surface area contributed by atoms with Crippen LogP contribution in [-0.4, -0.2) is 25.6 Å². The Bertz CT molecular complexity index is 1140. The van der Waals surface area contributed by atoms with Gasteiger partial charge in [-0.3, -0.25) is 9.29 Å². The van der Waals surface area contributed by atoms with Crippen LogP contribution in [0.3, 0.4) is 0 Å². The Morgan fingerprint density at radius 3 is 2.69 bits per heavy atom. The predicted molar refractivity (Wildman–Crippen MR) is 94.7 cm³/mol. The van der Waals surface area contributed by atoms with Gasteiger partial charge in [-0.05, 0) is 31.2 Å². The molecule has 0 atom stereocenters. The first-order chi connectivity index (χ1) is 12.3. The van der Waals surface area contributed by atoms with E-state index in [4.69, 9.17) is 9.15 Å². The number of fused-ring (bicyclic) bond motifs is 1. The number of rotatable bonds is 5. The molecule has 3 rings (SSSR count). The molecule has 1 N–H and O–H groups in total. The average Bonchev–Trinajstić information content (AvgIpc) is 2.89. The van der Waals surface area contributed by atoms with E-state index in [1.54, 1.807) is 19.1 Å². The molecule has 3 aromatic rings. The highest BCUT2D eigenvalue weighted by Gasteiger charge is 2.20. The van der Waals surface area contributed by atoms with Crippen LogP contribution < -0.4 is 10.5 Å². The Balaban J connectivity index is 2.00. The summed E-state index contributed by atoms with van der Waals surface area (Å²) in [5.41, 5.74) is 0.825. The van der Waals surface area contributed by atoms with Crippen LogP contribution in [-0.2, 0) is 21.8 Å². The van der Waals surface area contributed by atoms with E-state index < -0.39 is 21.7 Å². The maximum absolute atomic E-state index is 12.7. The minimum atomic E-state index is -4.01. The number of hydrogen-bond donors (Lipinski definition) is 1. The Kier molecular flexibility index (Phi) is 4.56. The van der Waals surface area contributed by atoms with E-state index in [1.165, 1.54) is 41.9 Å². The fourth-order valence-corrected chi connectivity index (χ4v) is 3.54. The number of nitrogens with zero attached hydrogens (tertiary/aromatic N) is 1. The third kappa shape index (κ3) is 3.21. The first kappa shape index (κ1) is 17.7. The van der Waals surface area contributed by atoms with Crippen LogP contribution in [0.5, 0.6) is 0 Å². The van der Waals surface area contributed by atoms with Crippen molar-refractivity contribution >= 4 is 32.8 Å². The second-order valence-corrected chi connectivity index (χ2v) is 7.11. The van der Waals surface area contributed by atoms with Gasteiger partial charge in [-0.25, -0.2) is 18.0 Å². The van der Waals surface area contributed by atoms with E-state index in [2.05, 4.69) is 4.72 Å². The van der Waals surface area contributed by atoms with E-state index in [0.29, 0.717) is 5.52 Å². The topological polar surface area (TPSA) is 108 Å². The molecular weight excluding hydrogens is 360 g/mol. The Labute approximate surface area is 149 Å². The fraction of sp³-hybridized carbons (Fsp3) is 0.176. The number of esters is 1. The first-order valence-corrected chi connectivity index (χ1v) is 9.20. The molecule has 0 saturated heterocycles. The van der Waals surface area contributed by atoms with Crippen LogP contribution in [0, 0.1) is 0 Å². The van der Waals surface area contributed by atoms with Gasteiger partial charge in [-0.2, -0.15) is 0 Å². The van der Waals surface area contributed by atoms with E-state index in [9.17, 15) is 18.0 Å². The zero-order valence-electron chi connectivity index (χ0n) is 14.1. The number of nitrogens with one attached hydrogen (secondary N) is 1. The molecule has 0 amide bonds. The number of benzene rings is 2. The van der Waals surface area contributed by atoms with Crippen molar-refractivity contribution in [2.45, 2.75) is 11.8 Å². The quantitative estimate of drug-likeness (QED) is 0.684. The van der Waals surface area contributed by atoms with Crippen molar-refractivity contribution in [3.8, 4) is 0 Å². The lowest BCUT2D eigenvalue weighted by molar-refractivity contribution is 0.0527. The van der Waals surface area contributed by atoms with Crippen LogP contribution in [0.2, 0.25) is 0 Å². The number of carbonyl (C=O) groups excluding carboxylic acids is 1. The summed E-state index contributed by atoms with van der Waals surface area (Å²) in [5.74, 6) is -1.22. The standard InChI is InChI=1S/C17H16N2O6S/c1-3-24-16(20)12-6-4-5-7-13(12)18-26(22,23)11-8-9-14-15(10-11)25-17(21)19(14)2/h4-10,18H,3H2,1-2H3. The number of carbonyl (C=O) groups is 1. The van der Waals surface area contributed by atoms with Gasteiger partial charge < -0.3 is 9.15 Å². The van der Waals surface area contributed by atoms with E-state index in [1.807, 2.05) is 0 Å². The Morgan fingerprint density at radius 2 is 1.96 bits per heavy atom. The monoisotopic (exact) mass is 376 g/mol. The number of aryl methyl sites for hydroxylation is 1. The van der Waals surface area contributed by atoms with Crippen molar-refractivity contribution in [3.05, 3.63) is 58.6 Å². The molecule has 8 nitrogen and oxygen atoms in total. The summed E-state index contributed by atoms with van der Waals surface area (Å²) in [5, 5.41) is 0. The molecule has 136 valence electrons. The number of sulfonamides is 1. The van der Waals surface area contributed by atoms with Crippen LogP contribution in [0.1, 0.15) is 17.3 Å². The van der Waals surface area contributed by atoms with Gasteiger partial charge in [0, 0.05) is 13.1 Å². The van der Waals surface area contributed by atoms with Crippen molar-refractivity contribution in [2.75, 3.05) is 11.3 Å². The zero-order chi connectivity index (χ0) is 18.9. The minimum Gasteiger partial charge on any atom is -0.462 e. The molecule has 2 aromatic carbocycles. The smallest absolute Gasteiger partial charge is 0.419 e. The van der Waals surface area contributed by atoms with Gasteiger partial charge in [0.05, 0.1) is 28.3 Å². The normalized spacial score (nSPS) is 11.5. The molecule has 0 aliphatic carbocycles. The van der Waals surface area contributed by atoms with Crippen LogP contribution in [0.25, 0.3) is 11.1 Å². The van der Waals surface area contributed by atoms with Crippen molar-refractivity contribution in [3.63, 3.8) is 0 Å².